The van der Waals surface area contributed by atoms with Gasteiger partial charge < -0.3 is 9.84 Å². The summed E-state index contributed by atoms with van der Waals surface area (Å²) < 4.78 is 7.27. The van der Waals surface area contributed by atoms with Gasteiger partial charge in [-0.1, -0.05) is 11.2 Å². The molecule has 0 aromatic carbocycles. The minimum absolute atomic E-state index is 0.712. The van der Waals surface area contributed by atoms with Crippen LogP contribution in [0.3, 0.4) is 0 Å². The van der Waals surface area contributed by atoms with Crippen molar-refractivity contribution >= 4 is 16.5 Å². The molecule has 3 rings (SSSR count). The summed E-state index contributed by atoms with van der Waals surface area (Å²) in [6.07, 6.45) is 1.82. The molecule has 3 heterocycles. The topological polar surface area (TPSA) is 55.9 Å². The lowest BCUT2D eigenvalue weighted by Crippen LogP contribution is -1.99. The molecule has 0 spiro atoms. The zero-order valence-electron chi connectivity index (χ0n) is 12.9. The third-order valence-corrected chi connectivity index (χ3v) is 4.25. The number of hydrogen-bond donors (Lipinski definition) is 1. The Morgan fingerprint density at radius 3 is 2.86 bits per heavy atom. The maximum atomic E-state index is 5.19. The summed E-state index contributed by atoms with van der Waals surface area (Å²) in [5.74, 6) is 1.60. The number of anilines is 1. The van der Waals surface area contributed by atoms with Gasteiger partial charge in [-0.3, -0.25) is 4.57 Å². The third kappa shape index (κ3) is 2.57. The van der Waals surface area contributed by atoms with Gasteiger partial charge >= 0.3 is 0 Å². The van der Waals surface area contributed by atoms with Crippen molar-refractivity contribution in [3.8, 4) is 17.1 Å². The van der Waals surface area contributed by atoms with Crippen molar-refractivity contribution in [1.82, 2.24) is 14.7 Å². The molecule has 3 aromatic rings. The van der Waals surface area contributed by atoms with Gasteiger partial charge in [-0.2, -0.15) is 0 Å². The van der Waals surface area contributed by atoms with E-state index in [1.54, 1.807) is 11.3 Å². The van der Waals surface area contributed by atoms with Crippen LogP contribution in [0.2, 0.25) is 0 Å². The van der Waals surface area contributed by atoms with E-state index in [2.05, 4.69) is 51.9 Å². The van der Waals surface area contributed by atoms with Crippen LogP contribution in [0, 0.1) is 20.8 Å². The smallest absolute Gasteiger partial charge is 0.183 e. The number of aromatic nitrogens is 3. The van der Waals surface area contributed by atoms with Crippen LogP contribution < -0.4 is 5.32 Å². The van der Waals surface area contributed by atoms with E-state index in [4.69, 9.17) is 4.52 Å². The Labute approximate surface area is 133 Å². The number of rotatable bonds is 5. The second-order valence-electron chi connectivity index (χ2n) is 5.12. The molecule has 114 valence electrons. The number of aryl methyl sites for hydroxylation is 2. The van der Waals surface area contributed by atoms with Crippen molar-refractivity contribution in [2.75, 3.05) is 11.9 Å². The van der Waals surface area contributed by atoms with Gasteiger partial charge in [0.25, 0.3) is 0 Å². The van der Waals surface area contributed by atoms with Crippen LogP contribution in [-0.4, -0.2) is 21.3 Å². The zero-order chi connectivity index (χ0) is 15.7. The van der Waals surface area contributed by atoms with Gasteiger partial charge in [0.05, 0.1) is 5.69 Å². The van der Waals surface area contributed by atoms with Gasteiger partial charge in [-0.25, -0.2) is 4.98 Å². The molecule has 0 aliphatic rings. The van der Waals surface area contributed by atoms with E-state index in [1.807, 2.05) is 19.1 Å². The molecule has 0 aliphatic heterocycles. The number of hydrogen-bond acceptors (Lipinski definition) is 5. The fourth-order valence-electron chi connectivity index (χ4n) is 2.47. The Bertz CT molecular complexity index is 812. The van der Waals surface area contributed by atoms with E-state index in [-0.39, 0.29) is 0 Å². The Kier molecular flexibility index (Phi) is 3.85. The van der Waals surface area contributed by atoms with Crippen LogP contribution in [0.5, 0.6) is 0 Å². The average Bonchev–Trinajstić information content (AvgIpc) is 3.17. The number of nitrogens with zero attached hydrogens (tertiary/aromatic N) is 3. The van der Waals surface area contributed by atoms with E-state index >= 15 is 0 Å². The van der Waals surface area contributed by atoms with Gasteiger partial charge in [-0.15, -0.1) is 17.9 Å². The van der Waals surface area contributed by atoms with Crippen LogP contribution in [-0.2, 0) is 0 Å². The maximum Gasteiger partial charge on any atom is 0.183 e. The quantitative estimate of drug-likeness (QED) is 0.720. The first-order chi connectivity index (χ1) is 10.6. The molecule has 3 aromatic heterocycles. The molecule has 6 heteroatoms. The Hall–Kier alpha value is -2.34. The molecule has 22 heavy (non-hydrogen) atoms. The van der Waals surface area contributed by atoms with E-state index in [1.165, 1.54) is 0 Å². The maximum absolute atomic E-state index is 5.19. The molecule has 0 bridgehead atoms. The highest BCUT2D eigenvalue weighted by atomic mass is 32.1. The minimum Gasteiger partial charge on any atom is -0.360 e. The van der Waals surface area contributed by atoms with Crippen LogP contribution in [0.15, 0.2) is 34.7 Å². The van der Waals surface area contributed by atoms with Gasteiger partial charge in [0.1, 0.15) is 5.76 Å². The van der Waals surface area contributed by atoms with Gasteiger partial charge in [0.2, 0.25) is 0 Å². The molecule has 0 saturated carbocycles. The van der Waals surface area contributed by atoms with Crippen LogP contribution in [0.25, 0.3) is 17.1 Å². The zero-order valence-corrected chi connectivity index (χ0v) is 13.7. The second kappa shape index (κ2) is 5.81. The summed E-state index contributed by atoms with van der Waals surface area (Å²) in [7, 11) is 0. The first kappa shape index (κ1) is 14.6. The number of thiazole rings is 1. The fraction of sp³-hybridized carbons (Fsp3) is 0.250. The summed E-state index contributed by atoms with van der Waals surface area (Å²) in [6, 6.07) is 4.06. The van der Waals surface area contributed by atoms with E-state index in [9.17, 15) is 0 Å². The van der Waals surface area contributed by atoms with Crippen molar-refractivity contribution in [2.45, 2.75) is 20.8 Å². The Morgan fingerprint density at radius 1 is 1.36 bits per heavy atom. The molecule has 0 aliphatic carbocycles. The van der Waals surface area contributed by atoms with Crippen molar-refractivity contribution in [3.63, 3.8) is 0 Å². The second-order valence-corrected chi connectivity index (χ2v) is 5.98. The van der Waals surface area contributed by atoms with Crippen molar-refractivity contribution < 1.29 is 4.52 Å². The average molecular weight is 314 g/mol. The molecular formula is C16H18N4OS. The SMILES string of the molecule is C=CCNc1nc(-c2cc(C)n(-c3cc(C)on3)c2C)cs1. The lowest BCUT2D eigenvalue weighted by Gasteiger charge is -2.04. The molecule has 0 atom stereocenters. The molecule has 0 amide bonds. The van der Waals surface area contributed by atoms with Crippen LogP contribution in [0.1, 0.15) is 17.1 Å². The van der Waals surface area contributed by atoms with Crippen molar-refractivity contribution in [2.24, 2.45) is 0 Å². The monoisotopic (exact) mass is 314 g/mol. The molecule has 0 radical (unpaired) electrons. The van der Waals surface area contributed by atoms with E-state index in [0.29, 0.717) is 6.54 Å². The minimum atomic E-state index is 0.712. The van der Waals surface area contributed by atoms with Gasteiger partial charge in [-0.05, 0) is 26.8 Å². The number of nitrogens with one attached hydrogen (secondary N) is 1. The van der Waals surface area contributed by atoms with Gasteiger partial charge in [0, 0.05) is 34.9 Å². The summed E-state index contributed by atoms with van der Waals surface area (Å²) in [6.45, 7) is 10.4. The Morgan fingerprint density at radius 2 is 2.18 bits per heavy atom. The van der Waals surface area contributed by atoms with E-state index < -0.39 is 0 Å². The molecular weight excluding hydrogens is 296 g/mol. The van der Waals surface area contributed by atoms with Crippen molar-refractivity contribution in [1.29, 1.82) is 0 Å². The standard InChI is InChI=1S/C16H18N4OS/c1-5-6-17-16-18-14(9-22-16)13-7-10(2)20(12(13)4)15-8-11(3)21-19-15/h5,7-9H,1,6H2,2-4H3,(H,17,18). The predicted octanol–water partition coefficient (Wildman–Crippen LogP) is 4.11. The molecule has 0 saturated heterocycles. The lowest BCUT2D eigenvalue weighted by atomic mass is 10.2. The molecule has 0 fully saturated rings. The molecule has 0 unspecified atom stereocenters. The molecule has 1 N–H and O–H groups in total. The largest absolute Gasteiger partial charge is 0.360 e. The first-order valence-electron chi connectivity index (χ1n) is 7.03. The van der Waals surface area contributed by atoms with Crippen LogP contribution >= 0.6 is 11.3 Å². The van der Waals surface area contributed by atoms with Crippen molar-refractivity contribution in [3.05, 3.63) is 47.3 Å². The summed E-state index contributed by atoms with van der Waals surface area (Å²) in [5, 5.41) is 10.3. The lowest BCUT2D eigenvalue weighted by molar-refractivity contribution is 0.394. The van der Waals surface area contributed by atoms with Gasteiger partial charge in [0.15, 0.2) is 10.9 Å². The summed E-state index contributed by atoms with van der Waals surface area (Å²) in [5.41, 5.74) is 4.29. The molecule has 5 nitrogen and oxygen atoms in total. The third-order valence-electron chi connectivity index (χ3n) is 3.45. The Balaban J connectivity index is 1.98. The summed E-state index contributed by atoms with van der Waals surface area (Å²) in [4.78, 5) is 4.63. The highest BCUT2D eigenvalue weighted by Gasteiger charge is 2.16. The van der Waals surface area contributed by atoms with E-state index in [0.717, 1.165) is 39.4 Å². The fourth-order valence-corrected chi connectivity index (χ4v) is 3.19. The highest BCUT2D eigenvalue weighted by molar-refractivity contribution is 7.14. The predicted molar refractivity (Wildman–Crippen MR) is 89.8 cm³/mol. The highest BCUT2D eigenvalue weighted by Crippen LogP contribution is 2.31. The first-order valence-corrected chi connectivity index (χ1v) is 7.91. The van der Waals surface area contributed by atoms with Crippen LogP contribution in [0.4, 0.5) is 5.13 Å². The summed E-state index contributed by atoms with van der Waals surface area (Å²) >= 11 is 1.59. The normalized spacial score (nSPS) is 10.9.